The van der Waals surface area contributed by atoms with Gasteiger partial charge in [0.2, 0.25) is 5.95 Å². The molecule has 0 bridgehead atoms. The van der Waals surface area contributed by atoms with E-state index in [1.807, 2.05) is 0 Å². The first-order valence-electron chi connectivity index (χ1n) is 3.02. The Morgan fingerprint density at radius 2 is 2.45 bits per heavy atom. The van der Waals surface area contributed by atoms with Gasteiger partial charge < -0.3 is 10.8 Å². The normalized spacial score (nSPS) is 12.8. The maximum atomic E-state index is 10.4. The van der Waals surface area contributed by atoms with Gasteiger partial charge >= 0.3 is 5.97 Å². The maximum Gasteiger partial charge on any atom is 0.313 e. The molecule has 0 spiro atoms. The van der Waals surface area contributed by atoms with E-state index in [0.29, 0.717) is 0 Å². The lowest BCUT2D eigenvalue weighted by Crippen LogP contribution is -2.09. The van der Waals surface area contributed by atoms with Crippen LogP contribution in [-0.4, -0.2) is 26.3 Å². The minimum absolute atomic E-state index is 0.0631. The number of H-pyrrole nitrogens is 1. The second kappa shape index (κ2) is 2.57. The smallest absolute Gasteiger partial charge is 0.313 e. The van der Waals surface area contributed by atoms with Crippen molar-refractivity contribution in [2.45, 2.75) is 12.8 Å². The van der Waals surface area contributed by atoms with Crippen molar-refractivity contribution in [1.29, 1.82) is 0 Å². The number of carboxylic acids is 1. The number of hydrogen-bond donors (Lipinski definition) is 3. The Balaban J connectivity index is 2.84. The average Bonchev–Trinajstić information content (AvgIpc) is 2.34. The van der Waals surface area contributed by atoms with Gasteiger partial charge in [0.05, 0.1) is 0 Å². The highest BCUT2D eigenvalue weighted by Crippen LogP contribution is 2.09. The molecule has 0 aliphatic rings. The van der Waals surface area contributed by atoms with E-state index in [0.717, 1.165) is 0 Å². The number of anilines is 1. The molecule has 0 aliphatic carbocycles. The van der Waals surface area contributed by atoms with Gasteiger partial charge in [0.25, 0.3) is 0 Å². The number of nitrogens with one attached hydrogen (secondary N) is 1. The third-order valence-electron chi connectivity index (χ3n) is 1.30. The van der Waals surface area contributed by atoms with Gasteiger partial charge in [0.15, 0.2) is 0 Å². The molecule has 0 aliphatic heterocycles. The molecular formula is C5H8N4O2. The molecule has 1 unspecified atom stereocenters. The van der Waals surface area contributed by atoms with Crippen LogP contribution in [0.4, 0.5) is 5.95 Å². The number of aliphatic carboxylic acids is 1. The summed E-state index contributed by atoms with van der Waals surface area (Å²) < 4.78 is 0. The molecule has 1 aromatic heterocycles. The minimum atomic E-state index is -0.957. The van der Waals surface area contributed by atoms with Crippen molar-refractivity contribution in [2.75, 3.05) is 5.73 Å². The van der Waals surface area contributed by atoms with Crippen LogP contribution in [0.3, 0.4) is 0 Å². The van der Waals surface area contributed by atoms with Crippen molar-refractivity contribution in [1.82, 2.24) is 15.2 Å². The van der Waals surface area contributed by atoms with Crippen LogP contribution >= 0.6 is 0 Å². The highest BCUT2D eigenvalue weighted by molar-refractivity contribution is 5.74. The lowest BCUT2D eigenvalue weighted by atomic mass is 10.2. The van der Waals surface area contributed by atoms with Gasteiger partial charge in [-0.1, -0.05) is 0 Å². The standard InChI is InChI=1S/C5H8N4O2/c1-2(4(10)11)3-7-5(6)9-8-3/h2H,1H3,(H,10,11)(H3,6,7,8,9). The van der Waals surface area contributed by atoms with Crippen molar-refractivity contribution >= 4 is 11.9 Å². The molecule has 0 saturated heterocycles. The largest absolute Gasteiger partial charge is 0.481 e. The van der Waals surface area contributed by atoms with Crippen LogP contribution in [0.2, 0.25) is 0 Å². The Labute approximate surface area is 62.4 Å². The molecule has 1 aromatic rings. The van der Waals surface area contributed by atoms with E-state index in [1.165, 1.54) is 6.92 Å². The molecule has 1 heterocycles. The minimum Gasteiger partial charge on any atom is -0.481 e. The van der Waals surface area contributed by atoms with Crippen LogP contribution in [0.15, 0.2) is 0 Å². The summed E-state index contributed by atoms with van der Waals surface area (Å²) in [6.07, 6.45) is 0. The molecule has 0 saturated carbocycles. The van der Waals surface area contributed by atoms with Gasteiger partial charge in [-0.2, -0.15) is 4.98 Å². The van der Waals surface area contributed by atoms with E-state index in [9.17, 15) is 4.79 Å². The summed E-state index contributed by atoms with van der Waals surface area (Å²) >= 11 is 0. The molecule has 1 rings (SSSR count). The molecule has 60 valence electrons. The van der Waals surface area contributed by atoms with Crippen LogP contribution < -0.4 is 5.73 Å². The van der Waals surface area contributed by atoms with Gasteiger partial charge in [0.1, 0.15) is 11.7 Å². The van der Waals surface area contributed by atoms with Crippen LogP contribution in [0.1, 0.15) is 18.7 Å². The van der Waals surface area contributed by atoms with Crippen molar-refractivity contribution in [3.63, 3.8) is 0 Å². The van der Waals surface area contributed by atoms with Crippen molar-refractivity contribution in [3.8, 4) is 0 Å². The summed E-state index contributed by atoms with van der Waals surface area (Å²) in [6.45, 7) is 1.50. The number of aromatic amines is 1. The van der Waals surface area contributed by atoms with Crippen LogP contribution in [0.25, 0.3) is 0 Å². The van der Waals surface area contributed by atoms with Gasteiger partial charge in [0, 0.05) is 0 Å². The van der Waals surface area contributed by atoms with Gasteiger partial charge in [-0.15, -0.1) is 5.10 Å². The number of nitrogen functional groups attached to an aromatic ring is 1. The Morgan fingerprint density at radius 3 is 2.82 bits per heavy atom. The molecule has 4 N–H and O–H groups in total. The summed E-state index contributed by atoms with van der Waals surface area (Å²) in [5.41, 5.74) is 5.17. The van der Waals surface area contributed by atoms with Crippen LogP contribution in [0, 0.1) is 0 Å². The van der Waals surface area contributed by atoms with Gasteiger partial charge in [-0.05, 0) is 6.92 Å². The third-order valence-corrected chi connectivity index (χ3v) is 1.30. The molecule has 1 atom stereocenters. The Bertz CT molecular complexity index is 269. The number of nitrogens with two attached hydrogens (primary N) is 1. The number of nitrogens with zero attached hydrogens (tertiary/aromatic N) is 2. The number of rotatable bonds is 2. The fourth-order valence-corrected chi connectivity index (χ4v) is 0.599. The monoisotopic (exact) mass is 156 g/mol. The molecule has 0 radical (unpaired) electrons. The number of hydrogen-bond acceptors (Lipinski definition) is 4. The van der Waals surface area contributed by atoms with E-state index in [2.05, 4.69) is 15.2 Å². The zero-order chi connectivity index (χ0) is 8.43. The first-order chi connectivity index (χ1) is 5.11. The fourth-order valence-electron chi connectivity index (χ4n) is 0.599. The third kappa shape index (κ3) is 1.46. The van der Waals surface area contributed by atoms with Gasteiger partial charge in [-0.25, -0.2) is 0 Å². The Morgan fingerprint density at radius 1 is 1.82 bits per heavy atom. The summed E-state index contributed by atoms with van der Waals surface area (Å²) in [5.74, 6) is -1.32. The quantitative estimate of drug-likeness (QED) is 0.539. The summed E-state index contributed by atoms with van der Waals surface area (Å²) in [4.78, 5) is 14.0. The molecule has 6 heteroatoms. The molecule has 0 amide bonds. The van der Waals surface area contributed by atoms with Crippen LogP contribution in [0.5, 0.6) is 0 Å². The number of carboxylic acid groups (broad SMARTS) is 1. The van der Waals surface area contributed by atoms with E-state index in [4.69, 9.17) is 10.8 Å². The SMILES string of the molecule is CC(C(=O)O)c1nc(N)n[nH]1. The Hall–Kier alpha value is -1.59. The van der Waals surface area contributed by atoms with Gasteiger partial charge in [-0.3, -0.25) is 9.89 Å². The van der Waals surface area contributed by atoms with Crippen molar-refractivity contribution in [2.24, 2.45) is 0 Å². The first kappa shape index (κ1) is 7.52. The summed E-state index contributed by atoms with van der Waals surface area (Å²) in [6, 6.07) is 0. The predicted octanol–water partition coefficient (Wildman–Crippen LogP) is -0.425. The second-order valence-electron chi connectivity index (χ2n) is 2.14. The zero-order valence-corrected chi connectivity index (χ0v) is 5.90. The first-order valence-corrected chi connectivity index (χ1v) is 3.02. The lowest BCUT2D eigenvalue weighted by Gasteiger charge is -1.98. The van der Waals surface area contributed by atoms with Crippen LogP contribution in [-0.2, 0) is 4.79 Å². The van der Waals surface area contributed by atoms with E-state index < -0.39 is 11.9 Å². The lowest BCUT2D eigenvalue weighted by molar-refractivity contribution is -0.138. The molecule has 11 heavy (non-hydrogen) atoms. The molecular weight excluding hydrogens is 148 g/mol. The molecule has 0 fully saturated rings. The van der Waals surface area contributed by atoms with Crippen molar-refractivity contribution < 1.29 is 9.90 Å². The summed E-state index contributed by atoms with van der Waals surface area (Å²) in [5, 5.41) is 14.4. The maximum absolute atomic E-state index is 10.4. The topological polar surface area (TPSA) is 105 Å². The highest BCUT2D eigenvalue weighted by Gasteiger charge is 2.16. The zero-order valence-electron chi connectivity index (χ0n) is 5.90. The highest BCUT2D eigenvalue weighted by atomic mass is 16.4. The molecule has 0 aromatic carbocycles. The van der Waals surface area contributed by atoms with E-state index in [-0.39, 0.29) is 11.8 Å². The second-order valence-corrected chi connectivity index (χ2v) is 2.14. The number of carbonyl (C=O) groups is 1. The summed E-state index contributed by atoms with van der Waals surface area (Å²) in [7, 11) is 0. The van der Waals surface area contributed by atoms with E-state index in [1.54, 1.807) is 0 Å². The molecule has 6 nitrogen and oxygen atoms in total. The van der Waals surface area contributed by atoms with E-state index >= 15 is 0 Å². The average molecular weight is 156 g/mol. The number of aromatic nitrogens is 3. The fraction of sp³-hybridized carbons (Fsp3) is 0.400. The predicted molar refractivity (Wildman–Crippen MR) is 36.8 cm³/mol. The Kier molecular flexibility index (Phi) is 1.75. The van der Waals surface area contributed by atoms with Crippen molar-refractivity contribution in [3.05, 3.63) is 5.82 Å².